The summed E-state index contributed by atoms with van der Waals surface area (Å²) in [5, 5.41) is 7.36. The number of fused-ring (bicyclic) bond motifs is 1. The summed E-state index contributed by atoms with van der Waals surface area (Å²) in [6.45, 7) is 3.51. The first-order valence-corrected chi connectivity index (χ1v) is 13.2. The molecule has 0 aliphatic heterocycles. The van der Waals surface area contributed by atoms with Crippen LogP contribution in [0.15, 0.2) is 71.3 Å². The fourth-order valence-electron chi connectivity index (χ4n) is 5.07. The Hall–Kier alpha value is -4.10. The molecule has 0 saturated carbocycles. The molecular formula is C31H29ClN2O5. The molecule has 1 heterocycles. The largest absolute Gasteiger partial charge is 0.469 e. The van der Waals surface area contributed by atoms with E-state index < -0.39 is 12.2 Å². The number of halogens is 1. The highest BCUT2D eigenvalue weighted by Gasteiger charge is 2.27. The Balaban J connectivity index is 1.33. The van der Waals surface area contributed by atoms with Crippen LogP contribution in [0.4, 0.5) is 10.5 Å². The van der Waals surface area contributed by atoms with Gasteiger partial charge in [0.15, 0.2) is 5.76 Å². The van der Waals surface area contributed by atoms with Gasteiger partial charge in [-0.3, -0.25) is 10.1 Å². The quantitative estimate of drug-likeness (QED) is 0.248. The van der Waals surface area contributed by atoms with Gasteiger partial charge in [0.25, 0.3) is 0 Å². The maximum absolute atomic E-state index is 12.7. The second-order valence-corrected chi connectivity index (χ2v) is 10.0. The van der Waals surface area contributed by atoms with Crippen LogP contribution in [0.25, 0.3) is 22.5 Å². The zero-order valence-corrected chi connectivity index (χ0v) is 22.7. The lowest BCUT2D eigenvalue weighted by Gasteiger charge is -2.24. The maximum atomic E-state index is 12.7. The van der Waals surface area contributed by atoms with Crippen molar-refractivity contribution in [2.45, 2.75) is 45.1 Å². The van der Waals surface area contributed by atoms with Crippen molar-refractivity contribution in [3.63, 3.8) is 0 Å². The molecule has 1 N–H and O–H groups in total. The predicted molar refractivity (Wildman–Crippen MR) is 150 cm³/mol. The van der Waals surface area contributed by atoms with Crippen LogP contribution in [0.3, 0.4) is 0 Å². The van der Waals surface area contributed by atoms with Crippen molar-refractivity contribution >= 4 is 29.4 Å². The molecule has 5 rings (SSSR count). The third-order valence-corrected chi connectivity index (χ3v) is 7.48. The van der Waals surface area contributed by atoms with E-state index in [4.69, 9.17) is 25.6 Å². The molecule has 1 unspecified atom stereocenters. The Morgan fingerprint density at radius 2 is 1.77 bits per heavy atom. The van der Waals surface area contributed by atoms with Gasteiger partial charge in [0.1, 0.15) is 17.5 Å². The van der Waals surface area contributed by atoms with Crippen molar-refractivity contribution in [1.82, 2.24) is 5.16 Å². The minimum absolute atomic E-state index is 0.179. The Bertz CT molecular complexity index is 1510. The molecule has 0 radical (unpaired) electrons. The topological polar surface area (TPSA) is 90.7 Å². The van der Waals surface area contributed by atoms with E-state index in [2.05, 4.69) is 16.5 Å². The molecule has 1 amide bonds. The van der Waals surface area contributed by atoms with E-state index in [-0.39, 0.29) is 11.9 Å². The summed E-state index contributed by atoms with van der Waals surface area (Å²) >= 11 is 6.24. The highest BCUT2D eigenvalue weighted by Crippen LogP contribution is 2.37. The number of methoxy groups -OCH3 is 1. The van der Waals surface area contributed by atoms with Gasteiger partial charge in [-0.05, 0) is 61.4 Å². The summed E-state index contributed by atoms with van der Waals surface area (Å²) in [5.41, 5.74) is 6.79. The van der Waals surface area contributed by atoms with Crippen LogP contribution in [0, 0.1) is 6.92 Å². The number of carbonyl (C=O) groups excluding carboxylic acids is 2. The molecule has 0 fully saturated rings. The first kappa shape index (κ1) is 26.5. The average Bonchev–Trinajstić information content (AvgIpc) is 3.31. The summed E-state index contributed by atoms with van der Waals surface area (Å²) in [5.74, 6) is 0.0601. The molecule has 7 nitrogen and oxygen atoms in total. The van der Waals surface area contributed by atoms with Crippen molar-refractivity contribution in [3.8, 4) is 22.5 Å². The number of aromatic nitrogens is 1. The van der Waals surface area contributed by atoms with E-state index in [0.717, 1.165) is 47.1 Å². The normalized spacial score (nSPS) is 15.2. The molecule has 4 aromatic rings. The molecule has 3 aromatic carbocycles. The minimum atomic E-state index is -0.633. The van der Waals surface area contributed by atoms with Gasteiger partial charge >= 0.3 is 12.1 Å². The van der Waals surface area contributed by atoms with Crippen molar-refractivity contribution < 1.29 is 23.6 Å². The number of rotatable bonds is 6. The van der Waals surface area contributed by atoms with Crippen molar-refractivity contribution in [2.24, 2.45) is 0 Å². The number of anilines is 1. The minimum Gasteiger partial charge on any atom is -0.469 e. The molecule has 0 saturated heterocycles. The molecular weight excluding hydrogens is 516 g/mol. The molecule has 1 aromatic heterocycles. The molecule has 1 aliphatic carbocycles. The molecule has 200 valence electrons. The van der Waals surface area contributed by atoms with Crippen LogP contribution in [-0.2, 0) is 20.7 Å². The highest BCUT2D eigenvalue weighted by atomic mass is 35.5. The maximum Gasteiger partial charge on any atom is 0.412 e. The summed E-state index contributed by atoms with van der Waals surface area (Å²) in [7, 11) is 1.44. The van der Waals surface area contributed by atoms with Gasteiger partial charge in [-0.15, -0.1) is 0 Å². The van der Waals surface area contributed by atoms with Crippen LogP contribution in [-0.4, -0.2) is 24.3 Å². The number of hydrogen-bond donors (Lipinski definition) is 1. The molecule has 8 heteroatoms. The highest BCUT2D eigenvalue weighted by molar-refractivity contribution is 6.31. The van der Waals surface area contributed by atoms with E-state index in [1.165, 1.54) is 12.7 Å². The second-order valence-electron chi connectivity index (χ2n) is 9.63. The Morgan fingerprint density at radius 1 is 1.05 bits per heavy atom. The van der Waals surface area contributed by atoms with Gasteiger partial charge in [-0.25, -0.2) is 4.79 Å². The molecule has 0 spiro atoms. The number of esters is 1. The monoisotopic (exact) mass is 544 g/mol. The van der Waals surface area contributed by atoms with Gasteiger partial charge in [0.2, 0.25) is 0 Å². The fourth-order valence-corrected chi connectivity index (χ4v) is 5.36. The number of ether oxygens (including phenoxy) is 2. The number of amides is 1. The van der Waals surface area contributed by atoms with Gasteiger partial charge < -0.3 is 14.0 Å². The summed E-state index contributed by atoms with van der Waals surface area (Å²) in [4.78, 5) is 24.9. The third-order valence-electron chi connectivity index (χ3n) is 7.14. The number of hydrogen-bond acceptors (Lipinski definition) is 6. The Kier molecular flexibility index (Phi) is 7.70. The van der Waals surface area contributed by atoms with Crippen LogP contribution >= 0.6 is 11.6 Å². The van der Waals surface area contributed by atoms with Crippen molar-refractivity contribution in [3.05, 3.63) is 94.1 Å². The smallest absolute Gasteiger partial charge is 0.412 e. The van der Waals surface area contributed by atoms with Crippen LogP contribution in [0.2, 0.25) is 5.02 Å². The lowest BCUT2D eigenvalue weighted by atomic mass is 9.81. The Labute approximate surface area is 232 Å². The summed E-state index contributed by atoms with van der Waals surface area (Å²) in [6.07, 6.45) is 1.53. The van der Waals surface area contributed by atoms with Gasteiger partial charge in [0, 0.05) is 16.1 Å². The second kappa shape index (κ2) is 11.3. The van der Waals surface area contributed by atoms with Crippen LogP contribution < -0.4 is 5.32 Å². The van der Waals surface area contributed by atoms with E-state index in [1.807, 2.05) is 54.6 Å². The number of carbonyl (C=O) groups is 2. The summed E-state index contributed by atoms with van der Waals surface area (Å²) in [6, 6.07) is 21.3. The standard InChI is InChI=1S/C31H29ClN2O5/c1-18-28(33-31(36)38-19(2)24-8-4-5-10-27(24)32)29(39-34-18)21-13-11-20(12-14-21)22-15-16-25-23(17-22)7-6-9-26(25)30(35)37-3/h4-5,8,10-17,19,26H,6-7,9H2,1-3H3,(H,33,36)/t19-,26?/m1/s1. The number of aryl methyl sites for hydroxylation is 2. The first-order valence-electron chi connectivity index (χ1n) is 12.9. The van der Waals surface area contributed by atoms with E-state index >= 15 is 0 Å². The molecule has 39 heavy (non-hydrogen) atoms. The van der Waals surface area contributed by atoms with Crippen LogP contribution in [0.1, 0.15) is 54.2 Å². The zero-order chi connectivity index (χ0) is 27.5. The van der Waals surface area contributed by atoms with Crippen LogP contribution in [0.5, 0.6) is 0 Å². The van der Waals surface area contributed by atoms with Gasteiger partial charge in [0.05, 0.1) is 13.0 Å². The van der Waals surface area contributed by atoms with Gasteiger partial charge in [-0.1, -0.05) is 77.4 Å². The average molecular weight is 545 g/mol. The predicted octanol–water partition coefficient (Wildman–Crippen LogP) is 7.87. The lowest BCUT2D eigenvalue weighted by Crippen LogP contribution is -2.19. The van der Waals surface area contributed by atoms with E-state index in [9.17, 15) is 9.59 Å². The number of nitrogens with one attached hydrogen (secondary N) is 1. The zero-order valence-electron chi connectivity index (χ0n) is 22.0. The third kappa shape index (κ3) is 5.54. The molecule has 2 atom stereocenters. The first-order chi connectivity index (χ1) is 18.9. The Morgan fingerprint density at radius 3 is 2.51 bits per heavy atom. The van der Waals surface area contributed by atoms with Crippen molar-refractivity contribution in [1.29, 1.82) is 0 Å². The summed E-state index contributed by atoms with van der Waals surface area (Å²) < 4.78 is 16.1. The fraction of sp³-hybridized carbons (Fsp3) is 0.258. The van der Waals surface area contributed by atoms with Gasteiger partial charge in [-0.2, -0.15) is 0 Å². The lowest BCUT2D eigenvalue weighted by molar-refractivity contribution is -0.142. The van der Waals surface area contributed by atoms with Crippen molar-refractivity contribution in [2.75, 3.05) is 12.4 Å². The number of nitrogens with zero attached hydrogens (tertiary/aromatic N) is 1. The molecule has 1 aliphatic rings. The molecule has 0 bridgehead atoms. The SMILES string of the molecule is COC(=O)C1CCCc2cc(-c3ccc(-c4onc(C)c4NC(=O)O[C@H](C)c4ccccc4Cl)cc3)ccc21. The van der Waals surface area contributed by atoms with E-state index in [1.54, 1.807) is 19.9 Å². The van der Waals surface area contributed by atoms with E-state index in [0.29, 0.717) is 22.2 Å². The number of benzene rings is 3.